The largest absolute Gasteiger partial charge is 0.220 e. The number of hydrogen-bond donors (Lipinski definition) is 0. The summed E-state index contributed by atoms with van der Waals surface area (Å²) in [7, 11) is 0. The Balaban J connectivity index is 1.81. The molecule has 0 amide bonds. The third kappa shape index (κ3) is 2.77. The Hall–Kier alpha value is -2.68. The Bertz CT molecular complexity index is 669. The molecule has 0 radical (unpaired) electrons. The van der Waals surface area contributed by atoms with E-state index in [1.54, 1.807) is 4.68 Å². The van der Waals surface area contributed by atoms with Gasteiger partial charge in [-0.1, -0.05) is 59.8 Å². The van der Waals surface area contributed by atoms with Crippen LogP contribution in [0.3, 0.4) is 0 Å². The summed E-state index contributed by atoms with van der Waals surface area (Å²) in [4.78, 5) is 0. The maximum atomic E-state index is 4.13. The molecule has 0 unspecified atom stereocenters. The average molecular weight is 247 g/mol. The molecule has 92 valence electrons. The summed E-state index contributed by atoms with van der Waals surface area (Å²) in [5.74, 6) is 0. The molecule has 1 aromatic heterocycles. The van der Waals surface area contributed by atoms with Gasteiger partial charge in [-0.15, -0.1) is 5.10 Å². The molecule has 0 bridgehead atoms. The van der Waals surface area contributed by atoms with Crippen molar-refractivity contribution >= 4 is 12.2 Å². The van der Waals surface area contributed by atoms with Gasteiger partial charge in [-0.3, -0.25) is 0 Å². The van der Waals surface area contributed by atoms with E-state index >= 15 is 0 Å². The van der Waals surface area contributed by atoms with Gasteiger partial charge in [0.05, 0.1) is 11.9 Å². The lowest BCUT2D eigenvalue weighted by atomic mass is 10.2. The van der Waals surface area contributed by atoms with E-state index in [0.29, 0.717) is 0 Å². The number of aromatic nitrogens is 3. The van der Waals surface area contributed by atoms with E-state index in [-0.39, 0.29) is 0 Å². The molecule has 0 aliphatic heterocycles. The minimum absolute atomic E-state index is 0.840. The maximum absolute atomic E-state index is 4.13. The Labute approximate surface area is 111 Å². The van der Waals surface area contributed by atoms with Gasteiger partial charge in [0.15, 0.2) is 0 Å². The van der Waals surface area contributed by atoms with Crippen molar-refractivity contribution in [3.05, 3.63) is 78.1 Å². The van der Waals surface area contributed by atoms with Crippen LogP contribution in [0.2, 0.25) is 0 Å². The molecule has 0 aliphatic carbocycles. The maximum Gasteiger partial charge on any atom is 0.106 e. The smallest absolute Gasteiger partial charge is 0.106 e. The van der Waals surface area contributed by atoms with Crippen LogP contribution in [0, 0.1) is 0 Å². The zero-order valence-electron chi connectivity index (χ0n) is 10.3. The fraction of sp³-hybridized carbons (Fsp3) is 0. The van der Waals surface area contributed by atoms with Crippen LogP contribution in [0.4, 0.5) is 0 Å². The molecule has 3 nitrogen and oxygen atoms in total. The molecule has 3 aromatic rings. The highest BCUT2D eigenvalue weighted by atomic mass is 15.4. The first-order chi connectivity index (χ1) is 9.42. The quantitative estimate of drug-likeness (QED) is 0.709. The molecule has 0 saturated carbocycles. The molecule has 0 spiro atoms. The topological polar surface area (TPSA) is 30.7 Å². The van der Waals surface area contributed by atoms with E-state index in [1.807, 2.05) is 66.9 Å². The summed E-state index contributed by atoms with van der Waals surface area (Å²) in [5, 5.41) is 8.25. The minimum atomic E-state index is 0.840. The van der Waals surface area contributed by atoms with E-state index in [1.165, 1.54) is 0 Å². The predicted octanol–water partition coefficient (Wildman–Crippen LogP) is 3.44. The number of hydrogen-bond acceptors (Lipinski definition) is 2. The summed E-state index contributed by atoms with van der Waals surface area (Å²) in [6.07, 6.45) is 5.90. The van der Waals surface area contributed by atoms with Crippen molar-refractivity contribution in [1.29, 1.82) is 0 Å². The van der Waals surface area contributed by atoms with E-state index in [0.717, 1.165) is 16.9 Å². The summed E-state index contributed by atoms with van der Waals surface area (Å²) < 4.78 is 1.77. The van der Waals surface area contributed by atoms with Crippen molar-refractivity contribution in [2.24, 2.45) is 0 Å². The van der Waals surface area contributed by atoms with Crippen LogP contribution in [0.15, 0.2) is 66.9 Å². The molecular weight excluding hydrogens is 234 g/mol. The Kier molecular flexibility index (Phi) is 3.19. The zero-order chi connectivity index (χ0) is 12.9. The lowest BCUT2D eigenvalue weighted by molar-refractivity contribution is 0.803. The zero-order valence-corrected chi connectivity index (χ0v) is 10.3. The normalized spacial score (nSPS) is 10.9. The summed E-state index contributed by atoms with van der Waals surface area (Å²) >= 11 is 0. The van der Waals surface area contributed by atoms with Crippen LogP contribution >= 0.6 is 0 Å². The van der Waals surface area contributed by atoms with Gasteiger partial charge in [-0.25, -0.2) is 4.68 Å². The second-order valence-electron chi connectivity index (χ2n) is 4.17. The van der Waals surface area contributed by atoms with Crippen molar-refractivity contribution in [1.82, 2.24) is 15.0 Å². The molecule has 0 atom stereocenters. The molecule has 0 fully saturated rings. The van der Waals surface area contributed by atoms with Crippen molar-refractivity contribution in [2.75, 3.05) is 0 Å². The number of para-hydroxylation sites is 1. The van der Waals surface area contributed by atoms with E-state index in [2.05, 4.69) is 22.4 Å². The molecule has 3 heteroatoms. The predicted molar refractivity (Wildman–Crippen MR) is 76.7 cm³/mol. The second kappa shape index (κ2) is 5.31. The summed E-state index contributed by atoms with van der Waals surface area (Å²) in [6.45, 7) is 0. The first kappa shape index (κ1) is 11.4. The first-order valence-electron chi connectivity index (χ1n) is 6.13. The highest BCUT2D eigenvalue weighted by Gasteiger charge is 1.98. The Morgan fingerprint density at radius 1 is 0.789 bits per heavy atom. The molecular formula is C16H13N3. The van der Waals surface area contributed by atoms with Gasteiger partial charge < -0.3 is 0 Å². The van der Waals surface area contributed by atoms with Gasteiger partial charge in [0.1, 0.15) is 5.69 Å². The van der Waals surface area contributed by atoms with Gasteiger partial charge in [0.25, 0.3) is 0 Å². The lowest BCUT2D eigenvalue weighted by Gasteiger charge is -1.96. The van der Waals surface area contributed by atoms with Gasteiger partial charge in [0.2, 0.25) is 0 Å². The van der Waals surface area contributed by atoms with Gasteiger partial charge in [0, 0.05) is 0 Å². The number of benzene rings is 2. The SMILES string of the molecule is C(=C\c1cn(-c2ccccc2)nn1)/c1ccccc1. The minimum Gasteiger partial charge on any atom is -0.220 e. The van der Waals surface area contributed by atoms with Crippen molar-refractivity contribution in [2.45, 2.75) is 0 Å². The van der Waals surface area contributed by atoms with Crippen molar-refractivity contribution in [3.8, 4) is 5.69 Å². The first-order valence-corrected chi connectivity index (χ1v) is 6.13. The van der Waals surface area contributed by atoms with Crippen LogP contribution in [0.25, 0.3) is 17.8 Å². The molecule has 0 saturated heterocycles. The van der Waals surface area contributed by atoms with E-state index in [9.17, 15) is 0 Å². The average Bonchev–Trinajstić information content (AvgIpc) is 2.96. The van der Waals surface area contributed by atoms with Crippen molar-refractivity contribution in [3.63, 3.8) is 0 Å². The van der Waals surface area contributed by atoms with Crippen LogP contribution in [-0.2, 0) is 0 Å². The Morgan fingerprint density at radius 3 is 2.21 bits per heavy atom. The third-order valence-corrected chi connectivity index (χ3v) is 2.78. The van der Waals surface area contributed by atoms with E-state index in [4.69, 9.17) is 0 Å². The van der Waals surface area contributed by atoms with Gasteiger partial charge in [-0.05, 0) is 23.8 Å². The summed E-state index contributed by atoms with van der Waals surface area (Å²) in [6, 6.07) is 20.1. The molecule has 2 aromatic carbocycles. The molecule has 1 heterocycles. The fourth-order valence-corrected chi connectivity index (χ4v) is 1.81. The van der Waals surface area contributed by atoms with E-state index < -0.39 is 0 Å². The molecule has 19 heavy (non-hydrogen) atoms. The molecule has 0 aliphatic rings. The van der Waals surface area contributed by atoms with Gasteiger partial charge in [-0.2, -0.15) is 0 Å². The second-order valence-corrected chi connectivity index (χ2v) is 4.17. The van der Waals surface area contributed by atoms with Crippen molar-refractivity contribution < 1.29 is 0 Å². The van der Waals surface area contributed by atoms with Gasteiger partial charge >= 0.3 is 0 Å². The monoisotopic (exact) mass is 247 g/mol. The standard InChI is InChI=1S/C16H13N3/c1-3-7-14(8-4-1)11-12-15-13-19(18-17-15)16-9-5-2-6-10-16/h1-13H/b12-11+. The van der Waals surface area contributed by atoms with Crippen LogP contribution in [0.1, 0.15) is 11.3 Å². The highest BCUT2D eigenvalue weighted by Crippen LogP contribution is 2.08. The van der Waals surface area contributed by atoms with Crippen LogP contribution in [-0.4, -0.2) is 15.0 Å². The lowest BCUT2D eigenvalue weighted by Crippen LogP contribution is -1.93. The van der Waals surface area contributed by atoms with Crippen LogP contribution < -0.4 is 0 Å². The molecule has 3 rings (SSSR count). The number of nitrogens with zero attached hydrogens (tertiary/aromatic N) is 3. The molecule has 0 N–H and O–H groups in total. The highest BCUT2D eigenvalue weighted by molar-refractivity contribution is 5.67. The van der Waals surface area contributed by atoms with Crippen LogP contribution in [0.5, 0.6) is 0 Å². The third-order valence-electron chi connectivity index (χ3n) is 2.78. The number of rotatable bonds is 3. The summed E-state index contributed by atoms with van der Waals surface area (Å²) in [5.41, 5.74) is 3.00. The Morgan fingerprint density at radius 2 is 1.47 bits per heavy atom. The fourth-order valence-electron chi connectivity index (χ4n) is 1.81.